The second-order valence-corrected chi connectivity index (χ2v) is 6.24. The van der Waals surface area contributed by atoms with Gasteiger partial charge >= 0.3 is 0 Å². The minimum atomic E-state index is 0.193. The van der Waals surface area contributed by atoms with Crippen LogP contribution in [0.5, 0.6) is 0 Å². The molecule has 0 aliphatic heterocycles. The van der Waals surface area contributed by atoms with Crippen molar-refractivity contribution in [1.82, 2.24) is 10.2 Å². The van der Waals surface area contributed by atoms with Gasteiger partial charge in [-0.3, -0.25) is 0 Å². The highest BCUT2D eigenvalue weighted by atomic mass is 15.2. The Hall–Kier alpha value is -1.12. The topological polar surface area (TPSA) is 37.8 Å². The largest absolute Gasteiger partial charge is 0.372 e. The molecule has 3 nitrogen and oxygen atoms in total. The SMILES string of the molecule is CNc1cc2c(nn1)CC(C)(C)CC2(C)C. The maximum atomic E-state index is 4.37. The molecule has 1 N–H and O–H groups in total. The van der Waals surface area contributed by atoms with E-state index in [-0.39, 0.29) is 5.41 Å². The number of hydrogen-bond acceptors (Lipinski definition) is 3. The summed E-state index contributed by atoms with van der Waals surface area (Å²) < 4.78 is 0. The molecule has 1 heterocycles. The quantitative estimate of drug-likeness (QED) is 0.789. The molecule has 1 aliphatic carbocycles. The van der Waals surface area contributed by atoms with Gasteiger partial charge in [0.15, 0.2) is 0 Å². The first-order valence-electron chi connectivity index (χ1n) is 5.89. The number of aromatic nitrogens is 2. The van der Waals surface area contributed by atoms with Gasteiger partial charge in [0.05, 0.1) is 5.69 Å². The smallest absolute Gasteiger partial charge is 0.148 e. The monoisotopic (exact) mass is 219 g/mol. The zero-order chi connectivity index (χ0) is 12.0. The molecular weight excluding hydrogens is 198 g/mol. The van der Waals surface area contributed by atoms with Crippen LogP contribution in [0, 0.1) is 5.41 Å². The van der Waals surface area contributed by atoms with Gasteiger partial charge in [0.1, 0.15) is 5.82 Å². The van der Waals surface area contributed by atoms with Gasteiger partial charge in [-0.1, -0.05) is 27.7 Å². The molecule has 0 spiro atoms. The number of fused-ring (bicyclic) bond motifs is 1. The van der Waals surface area contributed by atoms with Crippen molar-refractivity contribution in [3.8, 4) is 0 Å². The van der Waals surface area contributed by atoms with E-state index in [9.17, 15) is 0 Å². The Bertz CT molecular complexity index is 408. The minimum Gasteiger partial charge on any atom is -0.372 e. The van der Waals surface area contributed by atoms with E-state index in [0.29, 0.717) is 5.41 Å². The Kier molecular flexibility index (Phi) is 2.44. The van der Waals surface area contributed by atoms with Crippen LogP contribution in [0.4, 0.5) is 5.82 Å². The third-order valence-electron chi connectivity index (χ3n) is 3.42. The Morgan fingerprint density at radius 2 is 1.88 bits per heavy atom. The van der Waals surface area contributed by atoms with Crippen LogP contribution in [0.3, 0.4) is 0 Å². The minimum absolute atomic E-state index is 0.193. The zero-order valence-electron chi connectivity index (χ0n) is 10.9. The van der Waals surface area contributed by atoms with Crippen LogP contribution in [0.1, 0.15) is 45.4 Å². The van der Waals surface area contributed by atoms with Crippen molar-refractivity contribution in [2.45, 2.75) is 46.0 Å². The molecule has 0 radical (unpaired) electrons. The van der Waals surface area contributed by atoms with E-state index in [0.717, 1.165) is 12.2 Å². The highest BCUT2D eigenvalue weighted by Crippen LogP contribution is 2.44. The van der Waals surface area contributed by atoms with E-state index in [1.54, 1.807) is 0 Å². The third-order valence-corrected chi connectivity index (χ3v) is 3.42. The predicted octanol–water partition coefficient (Wildman–Crippen LogP) is 2.77. The molecule has 0 unspecified atom stereocenters. The third kappa shape index (κ3) is 1.91. The summed E-state index contributed by atoms with van der Waals surface area (Å²) in [4.78, 5) is 0. The van der Waals surface area contributed by atoms with Crippen LogP contribution in [-0.4, -0.2) is 17.2 Å². The van der Waals surface area contributed by atoms with E-state index in [4.69, 9.17) is 0 Å². The molecule has 0 amide bonds. The molecule has 0 saturated heterocycles. The number of hydrogen-bond donors (Lipinski definition) is 1. The lowest BCUT2D eigenvalue weighted by Crippen LogP contribution is -2.35. The van der Waals surface area contributed by atoms with Crippen molar-refractivity contribution in [2.75, 3.05) is 12.4 Å². The lowest BCUT2D eigenvalue weighted by molar-refractivity contribution is 0.226. The maximum absolute atomic E-state index is 4.37. The maximum Gasteiger partial charge on any atom is 0.148 e. The molecule has 1 aromatic heterocycles. The molecule has 1 aromatic rings. The van der Waals surface area contributed by atoms with Gasteiger partial charge in [-0.2, -0.15) is 5.10 Å². The number of anilines is 1. The average molecular weight is 219 g/mol. The number of nitrogens with one attached hydrogen (secondary N) is 1. The molecule has 0 atom stereocenters. The van der Waals surface area contributed by atoms with Crippen molar-refractivity contribution in [1.29, 1.82) is 0 Å². The van der Waals surface area contributed by atoms with Crippen LogP contribution < -0.4 is 5.32 Å². The van der Waals surface area contributed by atoms with E-state index < -0.39 is 0 Å². The van der Waals surface area contributed by atoms with E-state index in [1.165, 1.54) is 17.7 Å². The van der Waals surface area contributed by atoms with Gasteiger partial charge < -0.3 is 5.32 Å². The molecule has 16 heavy (non-hydrogen) atoms. The lowest BCUT2D eigenvalue weighted by atomic mass is 9.64. The average Bonchev–Trinajstić information content (AvgIpc) is 2.14. The van der Waals surface area contributed by atoms with Gasteiger partial charge in [-0.25, -0.2) is 0 Å². The summed E-state index contributed by atoms with van der Waals surface area (Å²) in [5.74, 6) is 0.867. The molecular formula is C13H21N3. The number of nitrogens with zero attached hydrogens (tertiary/aromatic N) is 2. The van der Waals surface area contributed by atoms with Crippen molar-refractivity contribution < 1.29 is 0 Å². The van der Waals surface area contributed by atoms with Crippen LogP contribution in [0.25, 0.3) is 0 Å². The number of rotatable bonds is 1. The van der Waals surface area contributed by atoms with Gasteiger partial charge in [-0.15, -0.1) is 5.10 Å². The lowest BCUT2D eigenvalue weighted by Gasteiger charge is -2.41. The summed E-state index contributed by atoms with van der Waals surface area (Å²) in [5.41, 5.74) is 3.04. The standard InChI is InChI=1S/C13H21N3/c1-12(2)7-10-9(13(3,4)8-12)6-11(14-5)16-15-10/h6H,7-8H2,1-5H3,(H,14,16). The Morgan fingerprint density at radius 3 is 2.50 bits per heavy atom. The Labute approximate surface area is 97.7 Å². The van der Waals surface area contributed by atoms with Gasteiger partial charge in [0, 0.05) is 7.05 Å². The van der Waals surface area contributed by atoms with Crippen molar-refractivity contribution >= 4 is 5.82 Å². The fraction of sp³-hybridized carbons (Fsp3) is 0.692. The van der Waals surface area contributed by atoms with Crippen LogP contribution in [-0.2, 0) is 11.8 Å². The molecule has 88 valence electrons. The van der Waals surface area contributed by atoms with Gasteiger partial charge in [0.25, 0.3) is 0 Å². The van der Waals surface area contributed by atoms with Crippen LogP contribution in [0.15, 0.2) is 6.07 Å². The summed E-state index contributed by atoms with van der Waals surface area (Å²) in [6, 6.07) is 2.15. The first kappa shape index (κ1) is 11.4. The highest BCUT2D eigenvalue weighted by molar-refractivity contribution is 5.42. The van der Waals surface area contributed by atoms with Crippen molar-refractivity contribution in [3.63, 3.8) is 0 Å². The molecule has 0 aromatic carbocycles. The normalized spacial score (nSPS) is 21.3. The molecule has 0 fully saturated rings. The van der Waals surface area contributed by atoms with Crippen molar-refractivity contribution in [3.05, 3.63) is 17.3 Å². The fourth-order valence-corrected chi connectivity index (χ4v) is 3.06. The van der Waals surface area contributed by atoms with E-state index in [2.05, 4.69) is 49.3 Å². The molecule has 2 rings (SSSR count). The summed E-state index contributed by atoms with van der Waals surface area (Å²) in [7, 11) is 1.89. The summed E-state index contributed by atoms with van der Waals surface area (Å²) in [5, 5.41) is 11.6. The van der Waals surface area contributed by atoms with Crippen LogP contribution >= 0.6 is 0 Å². The highest BCUT2D eigenvalue weighted by Gasteiger charge is 2.38. The molecule has 3 heteroatoms. The second-order valence-electron chi connectivity index (χ2n) is 6.24. The molecule has 0 bridgehead atoms. The van der Waals surface area contributed by atoms with Crippen LogP contribution in [0.2, 0.25) is 0 Å². The first-order chi connectivity index (χ1) is 7.34. The van der Waals surface area contributed by atoms with E-state index in [1.807, 2.05) is 7.05 Å². The Balaban J connectivity index is 2.51. The zero-order valence-corrected chi connectivity index (χ0v) is 10.9. The molecule has 0 saturated carbocycles. The predicted molar refractivity (Wildman–Crippen MR) is 66.7 cm³/mol. The molecule has 1 aliphatic rings. The van der Waals surface area contributed by atoms with E-state index >= 15 is 0 Å². The second kappa shape index (κ2) is 3.44. The fourth-order valence-electron chi connectivity index (χ4n) is 3.06. The van der Waals surface area contributed by atoms with Gasteiger partial charge in [0.2, 0.25) is 0 Å². The van der Waals surface area contributed by atoms with Gasteiger partial charge in [-0.05, 0) is 35.3 Å². The Morgan fingerprint density at radius 1 is 1.19 bits per heavy atom. The summed E-state index contributed by atoms with van der Waals surface area (Å²) in [6.07, 6.45) is 2.23. The summed E-state index contributed by atoms with van der Waals surface area (Å²) in [6.45, 7) is 9.22. The summed E-state index contributed by atoms with van der Waals surface area (Å²) >= 11 is 0. The van der Waals surface area contributed by atoms with Crippen molar-refractivity contribution in [2.24, 2.45) is 5.41 Å². The first-order valence-corrected chi connectivity index (χ1v) is 5.89.